The topological polar surface area (TPSA) is 84.2 Å². The van der Waals surface area contributed by atoms with E-state index >= 15 is 0 Å². The van der Waals surface area contributed by atoms with Crippen LogP contribution in [0.2, 0.25) is 0 Å². The van der Waals surface area contributed by atoms with E-state index in [1.807, 2.05) is 36.4 Å². The van der Waals surface area contributed by atoms with Crippen LogP contribution in [0.3, 0.4) is 0 Å². The van der Waals surface area contributed by atoms with Gasteiger partial charge in [0, 0.05) is 18.3 Å². The van der Waals surface area contributed by atoms with Gasteiger partial charge in [0.2, 0.25) is 5.78 Å². The third-order valence-corrected chi connectivity index (χ3v) is 4.79. The zero-order valence-corrected chi connectivity index (χ0v) is 14.4. The highest BCUT2D eigenvalue weighted by atomic mass is 32.1. The summed E-state index contributed by atoms with van der Waals surface area (Å²) in [5.74, 6) is -0.534. The van der Waals surface area contributed by atoms with Crippen molar-refractivity contribution in [2.24, 2.45) is 0 Å². The highest BCUT2D eigenvalue weighted by Gasteiger charge is 2.25. The van der Waals surface area contributed by atoms with E-state index in [1.54, 1.807) is 24.3 Å². The standard InChI is InChI=1S/C19H17N3O2S/c1-21-18(24)14-15(20)17(16(23)12-8-4-2-5-9-12)25-19(14)22-13-10-6-3-7-11-13/h2-11,22H,20H2,1H3,(H,21,24). The van der Waals surface area contributed by atoms with Gasteiger partial charge in [0.25, 0.3) is 5.91 Å². The lowest BCUT2D eigenvalue weighted by Crippen LogP contribution is -2.19. The summed E-state index contributed by atoms with van der Waals surface area (Å²) in [5, 5.41) is 6.30. The maximum Gasteiger partial charge on any atom is 0.256 e. The van der Waals surface area contributed by atoms with Gasteiger partial charge in [-0.15, -0.1) is 11.3 Å². The number of thiophene rings is 1. The molecule has 2 aromatic carbocycles. The lowest BCUT2D eigenvalue weighted by molar-refractivity contribution is 0.0965. The van der Waals surface area contributed by atoms with Crippen molar-refractivity contribution < 1.29 is 9.59 Å². The second-order valence-corrected chi connectivity index (χ2v) is 6.33. The Morgan fingerprint density at radius 3 is 2.16 bits per heavy atom. The lowest BCUT2D eigenvalue weighted by Gasteiger charge is -2.06. The molecule has 0 saturated heterocycles. The monoisotopic (exact) mass is 351 g/mol. The Labute approximate surface area is 149 Å². The SMILES string of the molecule is CNC(=O)c1c(Nc2ccccc2)sc(C(=O)c2ccccc2)c1N. The van der Waals surface area contributed by atoms with Crippen molar-refractivity contribution in [3.63, 3.8) is 0 Å². The van der Waals surface area contributed by atoms with E-state index in [0.29, 0.717) is 15.4 Å². The molecule has 0 aliphatic rings. The predicted octanol–water partition coefficient (Wildman–Crippen LogP) is 3.66. The van der Waals surface area contributed by atoms with E-state index in [2.05, 4.69) is 10.6 Å². The quantitative estimate of drug-likeness (QED) is 0.613. The Morgan fingerprint density at radius 2 is 1.56 bits per heavy atom. The maximum absolute atomic E-state index is 12.8. The first kappa shape index (κ1) is 16.7. The third kappa shape index (κ3) is 3.39. The van der Waals surface area contributed by atoms with Gasteiger partial charge in [-0.05, 0) is 12.1 Å². The molecule has 0 bridgehead atoms. The molecule has 1 heterocycles. The molecule has 0 radical (unpaired) electrons. The molecular weight excluding hydrogens is 334 g/mol. The Kier molecular flexibility index (Phi) is 4.81. The number of rotatable bonds is 5. The van der Waals surface area contributed by atoms with Crippen LogP contribution in [-0.2, 0) is 0 Å². The average molecular weight is 351 g/mol. The molecule has 4 N–H and O–H groups in total. The minimum atomic E-state index is -0.334. The highest BCUT2D eigenvalue weighted by Crippen LogP contribution is 2.38. The summed E-state index contributed by atoms with van der Waals surface area (Å²) in [6, 6.07) is 18.3. The average Bonchev–Trinajstić information content (AvgIpc) is 2.98. The fraction of sp³-hybridized carbons (Fsp3) is 0.0526. The Bertz CT molecular complexity index is 905. The van der Waals surface area contributed by atoms with Crippen LogP contribution in [0.1, 0.15) is 25.6 Å². The van der Waals surface area contributed by atoms with Crippen LogP contribution >= 0.6 is 11.3 Å². The summed E-state index contributed by atoms with van der Waals surface area (Å²) in [5.41, 5.74) is 7.99. The maximum atomic E-state index is 12.8. The summed E-state index contributed by atoms with van der Waals surface area (Å²) in [4.78, 5) is 25.4. The number of carbonyl (C=O) groups is 2. The molecule has 0 aliphatic carbocycles. The summed E-state index contributed by atoms with van der Waals surface area (Å²) in [6.45, 7) is 0. The fourth-order valence-corrected chi connectivity index (χ4v) is 3.52. The number of benzene rings is 2. The number of nitrogens with one attached hydrogen (secondary N) is 2. The van der Waals surface area contributed by atoms with Crippen LogP contribution in [0.15, 0.2) is 60.7 Å². The number of carbonyl (C=O) groups excluding carboxylic acids is 2. The zero-order valence-electron chi connectivity index (χ0n) is 13.6. The smallest absolute Gasteiger partial charge is 0.256 e. The number of para-hydroxylation sites is 1. The molecule has 0 saturated carbocycles. The van der Waals surface area contributed by atoms with Crippen LogP contribution in [-0.4, -0.2) is 18.7 Å². The molecule has 0 fully saturated rings. The molecule has 126 valence electrons. The second kappa shape index (κ2) is 7.19. The van der Waals surface area contributed by atoms with Crippen LogP contribution in [0.25, 0.3) is 0 Å². The Hall–Kier alpha value is -3.12. The molecule has 1 amide bonds. The first-order valence-electron chi connectivity index (χ1n) is 7.68. The van der Waals surface area contributed by atoms with Crippen molar-refractivity contribution in [2.45, 2.75) is 0 Å². The van der Waals surface area contributed by atoms with Crippen molar-refractivity contribution in [1.29, 1.82) is 0 Å². The van der Waals surface area contributed by atoms with E-state index in [4.69, 9.17) is 5.73 Å². The molecule has 1 aromatic heterocycles. The fourth-order valence-electron chi connectivity index (χ4n) is 2.42. The van der Waals surface area contributed by atoms with Gasteiger partial charge >= 0.3 is 0 Å². The Balaban J connectivity index is 2.06. The molecule has 0 unspecified atom stereocenters. The van der Waals surface area contributed by atoms with Crippen LogP contribution < -0.4 is 16.4 Å². The number of nitrogens with two attached hydrogens (primary N) is 1. The molecule has 3 rings (SSSR count). The normalized spacial score (nSPS) is 10.3. The number of ketones is 1. The number of hydrogen-bond donors (Lipinski definition) is 3. The minimum absolute atomic E-state index is 0.191. The van der Waals surface area contributed by atoms with Crippen LogP contribution in [0, 0.1) is 0 Å². The van der Waals surface area contributed by atoms with Gasteiger partial charge in [-0.2, -0.15) is 0 Å². The van der Waals surface area contributed by atoms with Gasteiger partial charge in [0.15, 0.2) is 0 Å². The lowest BCUT2D eigenvalue weighted by atomic mass is 10.1. The largest absolute Gasteiger partial charge is 0.397 e. The van der Waals surface area contributed by atoms with Gasteiger partial charge in [0.1, 0.15) is 9.88 Å². The van der Waals surface area contributed by atoms with Crippen LogP contribution in [0.5, 0.6) is 0 Å². The number of nitrogen functional groups attached to an aromatic ring is 1. The third-order valence-electron chi connectivity index (χ3n) is 3.67. The second-order valence-electron chi connectivity index (χ2n) is 5.31. The molecular formula is C19H17N3O2S. The van der Waals surface area contributed by atoms with Gasteiger partial charge in [-0.1, -0.05) is 48.5 Å². The highest BCUT2D eigenvalue weighted by molar-refractivity contribution is 7.19. The van der Waals surface area contributed by atoms with Gasteiger partial charge in [0.05, 0.1) is 11.3 Å². The molecule has 0 aliphatic heterocycles. The minimum Gasteiger partial charge on any atom is -0.397 e. The Morgan fingerprint density at radius 1 is 0.960 bits per heavy atom. The van der Waals surface area contributed by atoms with E-state index in [-0.39, 0.29) is 22.9 Å². The first-order valence-corrected chi connectivity index (χ1v) is 8.49. The van der Waals surface area contributed by atoms with Crippen molar-refractivity contribution in [2.75, 3.05) is 18.1 Å². The molecule has 5 nitrogen and oxygen atoms in total. The summed E-state index contributed by atoms with van der Waals surface area (Å²) < 4.78 is 0. The van der Waals surface area contributed by atoms with E-state index < -0.39 is 0 Å². The number of amides is 1. The molecule has 0 atom stereocenters. The molecule has 25 heavy (non-hydrogen) atoms. The van der Waals surface area contributed by atoms with E-state index in [0.717, 1.165) is 5.69 Å². The first-order chi connectivity index (χ1) is 12.1. The molecule has 6 heteroatoms. The summed E-state index contributed by atoms with van der Waals surface area (Å²) >= 11 is 1.18. The van der Waals surface area contributed by atoms with Crippen molar-refractivity contribution in [3.05, 3.63) is 76.7 Å². The zero-order chi connectivity index (χ0) is 17.8. The van der Waals surface area contributed by atoms with E-state index in [9.17, 15) is 9.59 Å². The van der Waals surface area contributed by atoms with Gasteiger partial charge < -0.3 is 16.4 Å². The van der Waals surface area contributed by atoms with Gasteiger partial charge in [-0.3, -0.25) is 9.59 Å². The van der Waals surface area contributed by atoms with E-state index in [1.165, 1.54) is 18.4 Å². The predicted molar refractivity (Wildman–Crippen MR) is 102 cm³/mol. The molecule has 0 spiro atoms. The van der Waals surface area contributed by atoms with Gasteiger partial charge in [-0.25, -0.2) is 0 Å². The number of hydrogen-bond acceptors (Lipinski definition) is 5. The number of anilines is 3. The van der Waals surface area contributed by atoms with Crippen molar-refractivity contribution >= 4 is 39.4 Å². The van der Waals surface area contributed by atoms with Crippen LogP contribution in [0.4, 0.5) is 16.4 Å². The summed E-state index contributed by atoms with van der Waals surface area (Å²) in [7, 11) is 1.53. The van der Waals surface area contributed by atoms with Crippen molar-refractivity contribution in [3.8, 4) is 0 Å². The molecule has 3 aromatic rings. The van der Waals surface area contributed by atoms with Crippen molar-refractivity contribution in [1.82, 2.24) is 5.32 Å². The summed E-state index contributed by atoms with van der Waals surface area (Å²) in [6.07, 6.45) is 0.